The Hall–Kier alpha value is -1.17. The largest absolute Gasteiger partial charge is 0.394 e. The smallest absolute Gasteiger partial charge is 0.189 e. The molecule has 2 fully saturated rings. The number of hydrogen-bond donors (Lipinski definition) is 6. The van der Waals surface area contributed by atoms with Crippen molar-refractivity contribution >= 4 is 0 Å². The van der Waals surface area contributed by atoms with Gasteiger partial charge in [0.25, 0.3) is 0 Å². The molecular weight excluding hydrogens is 390 g/mol. The van der Waals surface area contributed by atoms with Gasteiger partial charge in [0.2, 0.25) is 0 Å². The van der Waals surface area contributed by atoms with Crippen LogP contribution >= 0.6 is 0 Å². The van der Waals surface area contributed by atoms with Gasteiger partial charge in [-0.25, -0.2) is 0 Å². The molecule has 0 radical (unpaired) electrons. The van der Waals surface area contributed by atoms with Gasteiger partial charge in [-0.05, 0) is 13.0 Å². The highest BCUT2D eigenvalue weighted by atomic mass is 16.7. The fraction of sp³-hybridized carbons (Fsp3) is 0.833. The topological polar surface area (TPSA) is 182 Å². The summed E-state index contributed by atoms with van der Waals surface area (Å²) in [6.07, 6.45) is -8.37. The molecule has 11 heteroatoms. The van der Waals surface area contributed by atoms with Crippen molar-refractivity contribution in [2.45, 2.75) is 86.8 Å². The summed E-state index contributed by atoms with van der Waals surface area (Å²) in [4.78, 5) is 0. The van der Waals surface area contributed by atoms with Crippen molar-refractivity contribution in [1.82, 2.24) is 0 Å². The second-order valence-electron chi connectivity index (χ2n) is 7.62. The van der Waals surface area contributed by atoms with Crippen molar-refractivity contribution in [3.05, 3.63) is 12.2 Å². The quantitative estimate of drug-likeness (QED) is 0.255. The van der Waals surface area contributed by atoms with E-state index in [-0.39, 0.29) is 12.8 Å². The van der Waals surface area contributed by atoms with E-state index in [1.165, 1.54) is 6.08 Å². The molecule has 0 aromatic carbocycles. The highest BCUT2D eigenvalue weighted by molar-refractivity contribution is 5.24. The van der Waals surface area contributed by atoms with Crippen molar-refractivity contribution in [2.75, 3.05) is 6.61 Å². The van der Waals surface area contributed by atoms with Crippen LogP contribution in [-0.2, 0) is 18.9 Å². The van der Waals surface area contributed by atoms with Gasteiger partial charge < -0.3 is 49.6 Å². The van der Waals surface area contributed by atoms with E-state index in [0.29, 0.717) is 0 Å². The Bertz CT molecular complexity index is 627. The molecule has 2 saturated heterocycles. The van der Waals surface area contributed by atoms with Crippen LogP contribution in [0, 0.1) is 11.3 Å². The number of hydrogen-bond acceptors (Lipinski definition) is 11. The van der Waals surface area contributed by atoms with Crippen molar-refractivity contribution in [2.24, 2.45) is 0 Å². The summed E-state index contributed by atoms with van der Waals surface area (Å²) < 4.78 is 22.2. The molecular formula is C18H27NO10. The molecule has 1 aliphatic carbocycles. The fourth-order valence-corrected chi connectivity index (χ4v) is 3.67. The highest BCUT2D eigenvalue weighted by Gasteiger charge is 2.49. The lowest BCUT2D eigenvalue weighted by atomic mass is 9.98. The van der Waals surface area contributed by atoms with Crippen LogP contribution in [0.1, 0.15) is 19.8 Å². The van der Waals surface area contributed by atoms with Gasteiger partial charge in [0.15, 0.2) is 18.2 Å². The molecule has 164 valence electrons. The molecule has 0 aromatic rings. The van der Waals surface area contributed by atoms with E-state index in [9.17, 15) is 35.9 Å². The van der Waals surface area contributed by atoms with Crippen molar-refractivity contribution in [3.8, 4) is 6.07 Å². The molecule has 0 unspecified atom stereocenters. The average Bonchev–Trinajstić information content (AvgIpc) is 3.09. The van der Waals surface area contributed by atoms with Crippen molar-refractivity contribution in [3.63, 3.8) is 0 Å². The molecule has 11 atom stereocenters. The predicted octanol–water partition coefficient (Wildman–Crippen LogP) is -2.73. The average molecular weight is 417 g/mol. The third-order valence-corrected chi connectivity index (χ3v) is 5.45. The molecule has 3 rings (SSSR count). The Labute approximate surface area is 167 Å². The van der Waals surface area contributed by atoms with Crippen molar-refractivity contribution < 1.29 is 49.6 Å². The summed E-state index contributed by atoms with van der Waals surface area (Å²) >= 11 is 0. The molecule has 0 aromatic heterocycles. The van der Waals surface area contributed by atoms with Crippen LogP contribution < -0.4 is 0 Å². The van der Waals surface area contributed by atoms with E-state index in [2.05, 4.69) is 0 Å². The maximum Gasteiger partial charge on any atom is 0.189 e. The Morgan fingerprint density at radius 2 is 1.83 bits per heavy atom. The Balaban J connectivity index is 1.62. The fourth-order valence-electron chi connectivity index (χ4n) is 3.67. The van der Waals surface area contributed by atoms with Crippen LogP contribution in [0.15, 0.2) is 12.2 Å². The minimum atomic E-state index is -1.63. The van der Waals surface area contributed by atoms with Crippen molar-refractivity contribution in [1.29, 1.82) is 5.26 Å². The summed E-state index contributed by atoms with van der Waals surface area (Å²) in [5, 5.41) is 68.3. The van der Waals surface area contributed by atoms with Crippen LogP contribution in [0.25, 0.3) is 0 Å². The molecule has 0 bridgehead atoms. The van der Waals surface area contributed by atoms with Gasteiger partial charge >= 0.3 is 0 Å². The zero-order chi connectivity index (χ0) is 21.3. The first kappa shape index (κ1) is 22.5. The number of nitrogens with zero attached hydrogens (tertiary/aromatic N) is 1. The molecule has 0 saturated carbocycles. The van der Waals surface area contributed by atoms with E-state index in [0.717, 1.165) is 0 Å². The zero-order valence-corrected chi connectivity index (χ0v) is 15.8. The SMILES string of the molecule is C[C@H]1O[C@@H](O[C@H]2C=C[C@@](C#N)(O[C@@H]3O[C@H](CO)[C@@H](O)[C@H](O)[C@H]3O)C2)C[C@H](O)[C@H]1O. The molecule has 0 spiro atoms. The van der Waals surface area contributed by atoms with Gasteiger partial charge in [-0.1, -0.05) is 6.08 Å². The highest BCUT2D eigenvalue weighted by Crippen LogP contribution is 2.34. The van der Waals surface area contributed by atoms with Crippen LogP contribution in [0.3, 0.4) is 0 Å². The molecule has 6 N–H and O–H groups in total. The second kappa shape index (κ2) is 8.91. The summed E-state index contributed by atoms with van der Waals surface area (Å²) in [5.41, 5.74) is -1.54. The zero-order valence-electron chi connectivity index (χ0n) is 15.8. The summed E-state index contributed by atoms with van der Waals surface area (Å²) in [6.45, 7) is 0.993. The number of aliphatic hydroxyl groups excluding tert-OH is 6. The molecule has 29 heavy (non-hydrogen) atoms. The molecule has 0 amide bonds. The van der Waals surface area contributed by atoms with Gasteiger partial charge in [-0.15, -0.1) is 0 Å². The molecule has 2 aliphatic heterocycles. The van der Waals surface area contributed by atoms with Crippen LogP contribution in [-0.4, -0.2) is 104 Å². The van der Waals surface area contributed by atoms with Gasteiger partial charge in [0.05, 0.1) is 24.9 Å². The summed E-state index contributed by atoms with van der Waals surface area (Å²) in [7, 11) is 0. The number of rotatable bonds is 5. The first-order valence-corrected chi connectivity index (χ1v) is 9.45. The molecule has 11 nitrogen and oxygen atoms in total. The lowest BCUT2D eigenvalue weighted by Crippen LogP contribution is -2.60. The van der Waals surface area contributed by atoms with E-state index in [4.69, 9.17) is 18.9 Å². The maximum atomic E-state index is 10.1. The van der Waals surface area contributed by atoms with Crippen LogP contribution in [0.5, 0.6) is 0 Å². The monoisotopic (exact) mass is 417 g/mol. The Morgan fingerprint density at radius 3 is 2.45 bits per heavy atom. The van der Waals surface area contributed by atoms with Crippen LogP contribution in [0.4, 0.5) is 0 Å². The van der Waals surface area contributed by atoms with E-state index >= 15 is 0 Å². The number of nitriles is 1. The summed E-state index contributed by atoms with van der Waals surface area (Å²) in [6, 6.07) is 1.98. The number of aliphatic hydroxyl groups is 6. The first-order chi connectivity index (χ1) is 13.7. The minimum absolute atomic E-state index is 0.0193. The normalized spacial score (nSPS) is 50.4. The predicted molar refractivity (Wildman–Crippen MR) is 92.8 cm³/mol. The number of ether oxygens (including phenoxy) is 4. The minimum Gasteiger partial charge on any atom is -0.394 e. The Morgan fingerprint density at radius 1 is 1.10 bits per heavy atom. The first-order valence-electron chi connectivity index (χ1n) is 9.45. The Kier molecular flexibility index (Phi) is 6.91. The van der Waals surface area contributed by atoms with Gasteiger partial charge in [0.1, 0.15) is 36.6 Å². The lowest BCUT2D eigenvalue weighted by molar-refractivity contribution is -0.317. The lowest BCUT2D eigenvalue weighted by Gasteiger charge is -2.41. The maximum absolute atomic E-state index is 10.1. The van der Waals surface area contributed by atoms with Gasteiger partial charge in [0, 0.05) is 12.8 Å². The van der Waals surface area contributed by atoms with E-state index in [1.54, 1.807) is 13.0 Å². The third-order valence-electron chi connectivity index (χ3n) is 5.45. The van der Waals surface area contributed by atoms with E-state index < -0.39 is 73.6 Å². The second-order valence-corrected chi connectivity index (χ2v) is 7.62. The van der Waals surface area contributed by atoms with Gasteiger partial charge in [-0.3, -0.25) is 0 Å². The molecule has 3 aliphatic rings. The van der Waals surface area contributed by atoms with E-state index in [1.807, 2.05) is 6.07 Å². The third kappa shape index (κ3) is 4.62. The molecule has 2 heterocycles. The van der Waals surface area contributed by atoms with Gasteiger partial charge in [-0.2, -0.15) is 5.26 Å². The summed E-state index contributed by atoms with van der Waals surface area (Å²) in [5.74, 6) is 0. The standard InChI is InChI=1S/C18H27NO10/c1-8-13(22)10(21)4-12(26-8)27-9-2-3-18(5-9,7-19)29-17-16(25)15(24)14(23)11(6-20)28-17/h2-3,8-17,20-25H,4-6H2,1H3/t8-,9+,10+,11-,12+,13+,14-,15+,16-,17+,18-/m1/s1. The van der Waals surface area contributed by atoms with Crippen LogP contribution in [0.2, 0.25) is 0 Å².